The second-order valence-electron chi connectivity index (χ2n) is 8.11. The Labute approximate surface area is 207 Å². The van der Waals surface area contributed by atoms with Gasteiger partial charge in [0.25, 0.3) is 5.91 Å². The quantitative estimate of drug-likeness (QED) is 0.315. The van der Waals surface area contributed by atoms with Gasteiger partial charge in [0.15, 0.2) is 5.82 Å². The number of aromatic amines is 1. The van der Waals surface area contributed by atoms with Crippen LogP contribution in [0.25, 0.3) is 33.4 Å². The first-order chi connectivity index (χ1) is 17.3. The van der Waals surface area contributed by atoms with Crippen LogP contribution in [0.3, 0.4) is 0 Å². The summed E-state index contributed by atoms with van der Waals surface area (Å²) in [6.45, 7) is 0. The fraction of sp³-hybridized carbons (Fsp3) is 0.0385. The highest BCUT2D eigenvalue weighted by molar-refractivity contribution is 7.89. The van der Waals surface area contributed by atoms with E-state index >= 15 is 0 Å². The van der Waals surface area contributed by atoms with Crippen molar-refractivity contribution in [3.8, 4) is 34.0 Å². The van der Waals surface area contributed by atoms with Gasteiger partial charge in [-0.25, -0.2) is 18.1 Å². The largest absolute Gasteiger partial charge is 0.457 e. The van der Waals surface area contributed by atoms with E-state index in [9.17, 15) is 13.2 Å². The number of sulfonamides is 1. The first kappa shape index (κ1) is 23.1. The number of nitrogens with zero attached hydrogens (tertiary/aromatic N) is 2. The number of nitrogen functional groups attached to an aromatic ring is 1. The van der Waals surface area contributed by atoms with Gasteiger partial charge in [-0.15, -0.1) is 0 Å². The minimum absolute atomic E-state index is 0.188. The molecular weight excluding hydrogens is 478 g/mol. The average Bonchev–Trinajstić information content (AvgIpc) is 3.24. The van der Waals surface area contributed by atoms with Crippen molar-refractivity contribution in [3.05, 3.63) is 90.5 Å². The molecule has 1 amide bonds. The number of carbonyl (C=O) groups is 1. The van der Waals surface area contributed by atoms with E-state index in [0.717, 1.165) is 17.6 Å². The Morgan fingerprint density at radius 2 is 1.64 bits per heavy atom. The number of benzene rings is 3. The fourth-order valence-corrected chi connectivity index (χ4v) is 4.23. The van der Waals surface area contributed by atoms with Gasteiger partial charge >= 0.3 is 0 Å². The zero-order valence-corrected chi connectivity index (χ0v) is 19.9. The number of anilines is 1. The third kappa shape index (κ3) is 4.89. The standard InChI is InChI=1S/C26H21N5O4S/c1-36(33,34)31-26(32)18-7-5-6-17(14-18)21-15-22-23(25(27)30-29-22)24(28-21)16-10-12-20(13-11-16)35-19-8-3-2-4-9-19/h2-15H,1H3,(H,31,32)(H3,27,29,30). The summed E-state index contributed by atoms with van der Waals surface area (Å²) in [4.78, 5) is 17.2. The molecular formula is C26H21N5O4S. The summed E-state index contributed by atoms with van der Waals surface area (Å²) in [5, 5.41) is 7.72. The van der Waals surface area contributed by atoms with E-state index in [-0.39, 0.29) is 5.56 Å². The third-order valence-electron chi connectivity index (χ3n) is 5.38. The first-order valence-corrected chi connectivity index (χ1v) is 12.8. The van der Waals surface area contributed by atoms with E-state index in [1.165, 1.54) is 6.07 Å². The summed E-state index contributed by atoms with van der Waals surface area (Å²) < 4.78 is 30.8. The zero-order chi connectivity index (χ0) is 25.3. The molecule has 0 atom stereocenters. The Morgan fingerprint density at radius 1 is 0.917 bits per heavy atom. The number of rotatable bonds is 6. The molecule has 2 aromatic heterocycles. The van der Waals surface area contributed by atoms with Crippen LogP contribution in [-0.4, -0.2) is 35.8 Å². The highest BCUT2D eigenvalue weighted by Crippen LogP contribution is 2.34. The van der Waals surface area contributed by atoms with E-state index in [2.05, 4.69) is 10.2 Å². The normalized spacial score (nSPS) is 11.4. The number of nitrogens with two attached hydrogens (primary N) is 1. The van der Waals surface area contributed by atoms with Gasteiger partial charge in [-0.3, -0.25) is 9.89 Å². The van der Waals surface area contributed by atoms with E-state index < -0.39 is 15.9 Å². The summed E-state index contributed by atoms with van der Waals surface area (Å²) in [6.07, 6.45) is 0.926. The lowest BCUT2D eigenvalue weighted by Crippen LogP contribution is -2.29. The molecule has 0 radical (unpaired) electrons. The van der Waals surface area contributed by atoms with Gasteiger partial charge in [0.05, 0.1) is 28.5 Å². The molecule has 0 aliphatic carbocycles. The minimum atomic E-state index is -3.69. The maximum Gasteiger partial charge on any atom is 0.264 e. The number of hydrogen-bond acceptors (Lipinski definition) is 7. The molecule has 10 heteroatoms. The molecule has 0 saturated carbocycles. The number of aromatic nitrogens is 3. The number of para-hydroxylation sites is 1. The van der Waals surface area contributed by atoms with Crippen LogP contribution in [0.4, 0.5) is 5.82 Å². The molecule has 5 rings (SSSR count). The van der Waals surface area contributed by atoms with E-state index in [4.69, 9.17) is 15.5 Å². The maximum absolute atomic E-state index is 12.4. The van der Waals surface area contributed by atoms with Crippen LogP contribution in [0.15, 0.2) is 84.9 Å². The molecule has 0 bridgehead atoms. The van der Waals surface area contributed by atoms with Crippen molar-refractivity contribution in [1.82, 2.24) is 19.9 Å². The van der Waals surface area contributed by atoms with Gasteiger partial charge in [-0.2, -0.15) is 5.10 Å². The minimum Gasteiger partial charge on any atom is -0.457 e. The smallest absolute Gasteiger partial charge is 0.264 e. The average molecular weight is 500 g/mol. The van der Waals surface area contributed by atoms with Crippen LogP contribution < -0.4 is 15.2 Å². The molecule has 0 aliphatic rings. The van der Waals surface area contributed by atoms with Crippen molar-refractivity contribution in [2.45, 2.75) is 0 Å². The lowest BCUT2D eigenvalue weighted by Gasteiger charge is -2.10. The van der Waals surface area contributed by atoms with Crippen molar-refractivity contribution in [3.63, 3.8) is 0 Å². The third-order valence-corrected chi connectivity index (χ3v) is 5.93. The highest BCUT2D eigenvalue weighted by Gasteiger charge is 2.17. The Hall–Kier alpha value is -4.70. The number of ether oxygens (including phenoxy) is 1. The number of nitrogens with one attached hydrogen (secondary N) is 2. The maximum atomic E-state index is 12.4. The number of amides is 1. The van der Waals surface area contributed by atoms with Crippen LogP contribution in [0.1, 0.15) is 10.4 Å². The Bertz CT molecular complexity index is 1680. The van der Waals surface area contributed by atoms with Crippen LogP contribution >= 0.6 is 0 Å². The van der Waals surface area contributed by atoms with Crippen LogP contribution in [-0.2, 0) is 10.0 Å². The van der Waals surface area contributed by atoms with Crippen molar-refractivity contribution >= 4 is 32.7 Å². The summed E-state index contributed by atoms with van der Waals surface area (Å²) in [7, 11) is -3.69. The summed E-state index contributed by atoms with van der Waals surface area (Å²) in [5.41, 5.74) is 9.57. The lowest BCUT2D eigenvalue weighted by atomic mass is 10.0. The van der Waals surface area contributed by atoms with E-state index in [0.29, 0.717) is 39.4 Å². The first-order valence-electron chi connectivity index (χ1n) is 10.9. The van der Waals surface area contributed by atoms with Crippen molar-refractivity contribution < 1.29 is 17.9 Å². The van der Waals surface area contributed by atoms with Gasteiger partial charge in [0, 0.05) is 16.7 Å². The van der Waals surface area contributed by atoms with E-state index in [1.54, 1.807) is 24.3 Å². The SMILES string of the molecule is CS(=O)(=O)NC(=O)c1cccc(-c2cc3[nH]nc(N)c3c(-c3ccc(Oc4ccccc4)cc3)n2)c1. The number of hydrogen-bond donors (Lipinski definition) is 3. The van der Waals surface area contributed by atoms with Crippen LogP contribution in [0.5, 0.6) is 11.5 Å². The highest BCUT2D eigenvalue weighted by atomic mass is 32.2. The number of carbonyl (C=O) groups excluding carboxylic acids is 1. The van der Waals surface area contributed by atoms with Crippen LogP contribution in [0, 0.1) is 0 Å². The zero-order valence-electron chi connectivity index (χ0n) is 19.1. The molecule has 2 heterocycles. The predicted octanol–water partition coefficient (Wildman–Crippen LogP) is 4.36. The molecule has 36 heavy (non-hydrogen) atoms. The summed E-state index contributed by atoms with van der Waals surface area (Å²) in [5.74, 6) is 0.985. The second-order valence-corrected chi connectivity index (χ2v) is 9.86. The van der Waals surface area contributed by atoms with Gasteiger partial charge in [-0.05, 0) is 54.6 Å². The molecule has 5 aromatic rings. The fourth-order valence-electron chi connectivity index (χ4n) is 3.78. The van der Waals surface area contributed by atoms with Gasteiger partial charge in [0.1, 0.15) is 11.5 Å². The number of H-pyrrole nitrogens is 1. The molecule has 9 nitrogen and oxygen atoms in total. The topological polar surface area (TPSA) is 140 Å². The molecule has 0 fully saturated rings. The Kier molecular flexibility index (Phi) is 5.87. The van der Waals surface area contributed by atoms with Gasteiger partial charge in [0.2, 0.25) is 10.0 Å². The van der Waals surface area contributed by atoms with Crippen molar-refractivity contribution in [2.24, 2.45) is 0 Å². The number of fused-ring (bicyclic) bond motifs is 1. The molecule has 0 saturated heterocycles. The van der Waals surface area contributed by atoms with Crippen LogP contribution in [0.2, 0.25) is 0 Å². The summed E-state index contributed by atoms with van der Waals surface area (Å²) in [6, 6.07) is 25.2. The lowest BCUT2D eigenvalue weighted by molar-refractivity contribution is 0.0981. The molecule has 4 N–H and O–H groups in total. The van der Waals surface area contributed by atoms with E-state index in [1.807, 2.05) is 59.3 Å². The predicted molar refractivity (Wildman–Crippen MR) is 138 cm³/mol. The van der Waals surface area contributed by atoms with Gasteiger partial charge in [-0.1, -0.05) is 30.3 Å². The monoisotopic (exact) mass is 499 g/mol. The Morgan fingerprint density at radius 3 is 2.36 bits per heavy atom. The molecule has 180 valence electrons. The number of pyridine rings is 1. The van der Waals surface area contributed by atoms with Gasteiger partial charge < -0.3 is 10.5 Å². The second kappa shape index (κ2) is 9.16. The van der Waals surface area contributed by atoms with Crippen molar-refractivity contribution in [1.29, 1.82) is 0 Å². The van der Waals surface area contributed by atoms with Crippen molar-refractivity contribution in [2.75, 3.05) is 12.0 Å². The molecule has 0 unspecified atom stereocenters. The molecule has 0 spiro atoms. The Balaban J connectivity index is 1.54. The summed E-state index contributed by atoms with van der Waals surface area (Å²) >= 11 is 0. The molecule has 3 aromatic carbocycles. The molecule has 0 aliphatic heterocycles.